The SMILES string of the molecule is O=C(O)c1cccnc1N1CCN(C(=O)Nc2ccc(Cl)cc2)CC1. The molecule has 1 aliphatic rings. The molecule has 7 nitrogen and oxygen atoms in total. The van der Waals surface area contributed by atoms with Gasteiger partial charge in [0, 0.05) is 43.1 Å². The van der Waals surface area contributed by atoms with Crippen molar-refractivity contribution in [3.8, 4) is 0 Å². The zero-order chi connectivity index (χ0) is 17.8. The minimum atomic E-state index is -1.01. The van der Waals surface area contributed by atoms with Gasteiger partial charge >= 0.3 is 12.0 Å². The average molecular weight is 361 g/mol. The van der Waals surface area contributed by atoms with Gasteiger partial charge in [0.1, 0.15) is 11.4 Å². The van der Waals surface area contributed by atoms with E-state index in [0.717, 1.165) is 0 Å². The van der Waals surface area contributed by atoms with Crippen molar-refractivity contribution in [3.05, 3.63) is 53.2 Å². The smallest absolute Gasteiger partial charge is 0.339 e. The van der Waals surface area contributed by atoms with Crippen molar-refractivity contribution in [3.63, 3.8) is 0 Å². The largest absolute Gasteiger partial charge is 0.478 e. The molecular weight excluding hydrogens is 344 g/mol. The molecule has 1 aromatic heterocycles. The Kier molecular flexibility index (Phi) is 5.04. The van der Waals surface area contributed by atoms with Crippen LogP contribution in [0.2, 0.25) is 5.02 Å². The van der Waals surface area contributed by atoms with Crippen molar-refractivity contribution in [1.82, 2.24) is 9.88 Å². The fourth-order valence-corrected chi connectivity index (χ4v) is 2.80. The van der Waals surface area contributed by atoms with Gasteiger partial charge in [-0.1, -0.05) is 11.6 Å². The summed E-state index contributed by atoms with van der Waals surface area (Å²) in [6.07, 6.45) is 1.57. The van der Waals surface area contributed by atoms with E-state index in [0.29, 0.717) is 42.7 Å². The molecule has 8 heteroatoms. The monoisotopic (exact) mass is 360 g/mol. The van der Waals surface area contributed by atoms with Crippen LogP contribution in [0.15, 0.2) is 42.6 Å². The number of carboxylic acid groups (broad SMARTS) is 1. The Morgan fingerprint density at radius 1 is 1.08 bits per heavy atom. The van der Waals surface area contributed by atoms with Crippen LogP contribution in [0.5, 0.6) is 0 Å². The summed E-state index contributed by atoms with van der Waals surface area (Å²) < 4.78 is 0. The van der Waals surface area contributed by atoms with E-state index in [-0.39, 0.29) is 11.6 Å². The normalized spacial score (nSPS) is 14.3. The number of carbonyl (C=O) groups is 2. The Balaban J connectivity index is 1.61. The van der Waals surface area contributed by atoms with E-state index in [9.17, 15) is 14.7 Å². The molecule has 2 heterocycles. The number of aromatic carboxylic acids is 1. The van der Waals surface area contributed by atoms with E-state index in [1.54, 1.807) is 41.4 Å². The van der Waals surface area contributed by atoms with Gasteiger partial charge in [0.15, 0.2) is 0 Å². The first kappa shape index (κ1) is 17.0. The van der Waals surface area contributed by atoms with Gasteiger partial charge in [0.2, 0.25) is 0 Å². The summed E-state index contributed by atoms with van der Waals surface area (Å²) in [6.45, 7) is 2.00. The second-order valence-corrected chi connectivity index (χ2v) is 6.03. The third-order valence-corrected chi connectivity index (χ3v) is 4.23. The number of nitrogens with one attached hydrogen (secondary N) is 1. The van der Waals surface area contributed by atoms with Gasteiger partial charge in [0.05, 0.1) is 0 Å². The second kappa shape index (κ2) is 7.40. The fraction of sp³-hybridized carbons (Fsp3) is 0.235. The Labute approximate surface area is 149 Å². The first-order valence-electron chi connectivity index (χ1n) is 7.79. The Bertz CT molecular complexity index is 774. The Hall–Kier alpha value is -2.80. The van der Waals surface area contributed by atoms with Gasteiger partial charge in [-0.3, -0.25) is 0 Å². The maximum absolute atomic E-state index is 12.3. The fourth-order valence-electron chi connectivity index (χ4n) is 2.67. The maximum atomic E-state index is 12.3. The molecule has 2 N–H and O–H groups in total. The van der Waals surface area contributed by atoms with Crippen molar-refractivity contribution in [2.24, 2.45) is 0 Å². The average Bonchev–Trinajstić information content (AvgIpc) is 2.63. The van der Waals surface area contributed by atoms with Crippen molar-refractivity contribution >= 4 is 35.1 Å². The van der Waals surface area contributed by atoms with Crippen LogP contribution >= 0.6 is 11.6 Å². The van der Waals surface area contributed by atoms with Crippen molar-refractivity contribution in [1.29, 1.82) is 0 Å². The summed E-state index contributed by atoms with van der Waals surface area (Å²) in [7, 11) is 0. The van der Waals surface area contributed by atoms with E-state index in [4.69, 9.17) is 11.6 Å². The van der Waals surface area contributed by atoms with Crippen LogP contribution in [0.25, 0.3) is 0 Å². The van der Waals surface area contributed by atoms with Gasteiger partial charge in [-0.2, -0.15) is 0 Å². The molecule has 2 aromatic rings. The molecule has 1 aliphatic heterocycles. The quantitative estimate of drug-likeness (QED) is 0.879. The number of halogens is 1. The van der Waals surface area contributed by atoms with Crippen LogP contribution in [0, 0.1) is 0 Å². The summed E-state index contributed by atoms with van der Waals surface area (Å²) in [5.74, 6) is -0.571. The number of benzene rings is 1. The van der Waals surface area contributed by atoms with Crippen molar-refractivity contribution in [2.45, 2.75) is 0 Å². The zero-order valence-corrected chi connectivity index (χ0v) is 14.1. The Morgan fingerprint density at radius 3 is 2.40 bits per heavy atom. The molecule has 1 saturated heterocycles. The lowest BCUT2D eigenvalue weighted by Crippen LogP contribution is -2.50. The molecule has 3 rings (SSSR count). The van der Waals surface area contributed by atoms with Gasteiger partial charge in [-0.15, -0.1) is 0 Å². The standard InChI is InChI=1S/C17H17ClN4O3/c18-12-3-5-13(6-4-12)20-17(25)22-10-8-21(9-11-22)15-14(16(23)24)2-1-7-19-15/h1-7H,8-11H2,(H,20,25)(H,23,24). The molecule has 2 amide bonds. The maximum Gasteiger partial charge on any atom is 0.339 e. The number of piperazine rings is 1. The number of nitrogens with zero attached hydrogens (tertiary/aromatic N) is 3. The summed E-state index contributed by atoms with van der Waals surface area (Å²) in [5.41, 5.74) is 0.844. The number of hydrogen-bond acceptors (Lipinski definition) is 4. The summed E-state index contributed by atoms with van der Waals surface area (Å²) in [4.78, 5) is 31.4. The number of amides is 2. The minimum absolute atomic E-state index is 0.168. The molecule has 0 unspecified atom stereocenters. The highest BCUT2D eigenvalue weighted by Gasteiger charge is 2.24. The highest BCUT2D eigenvalue weighted by Crippen LogP contribution is 2.19. The minimum Gasteiger partial charge on any atom is -0.478 e. The summed E-state index contributed by atoms with van der Waals surface area (Å²) in [6, 6.07) is 9.84. The molecule has 0 saturated carbocycles. The van der Waals surface area contributed by atoms with Gasteiger partial charge in [0.25, 0.3) is 0 Å². The summed E-state index contributed by atoms with van der Waals surface area (Å²) in [5, 5.41) is 12.7. The van der Waals surface area contributed by atoms with Crippen LogP contribution in [0.4, 0.5) is 16.3 Å². The summed E-state index contributed by atoms with van der Waals surface area (Å²) >= 11 is 5.83. The van der Waals surface area contributed by atoms with Crippen LogP contribution in [0.1, 0.15) is 10.4 Å². The first-order chi connectivity index (χ1) is 12.0. The number of carboxylic acids is 1. The molecule has 25 heavy (non-hydrogen) atoms. The molecule has 130 valence electrons. The first-order valence-corrected chi connectivity index (χ1v) is 8.17. The van der Waals surface area contributed by atoms with Gasteiger partial charge in [-0.05, 0) is 36.4 Å². The van der Waals surface area contributed by atoms with Crippen LogP contribution in [-0.2, 0) is 0 Å². The highest BCUT2D eigenvalue weighted by atomic mass is 35.5. The predicted octanol–water partition coefficient (Wildman–Crippen LogP) is 2.79. The van der Waals surface area contributed by atoms with E-state index in [1.165, 1.54) is 6.07 Å². The van der Waals surface area contributed by atoms with Crippen LogP contribution in [-0.4, -0.2) is 53.2 Å². The number of anilines is 2. The van der Waals surface area contributed by atoms with E-state index < -0.39 is 5.97 Å². The molecular formula is C17H17ClN4O3. The van der Waals surface area contributed by atoms with Crippen molar-refractivity contribution in [2.75, 3.05) is 36.4 Å². The molecule has 0 atom stereocenters. The number of carbonyl (C=O) groups excluding carboxylic acids is 1. The van der Waals surface area contributed by atoms with Crippen molar-refractivity contribution < 1.29 is 14.7 Å². The second-order valence-electron chi connectivity index (χ2n) is 5.59. The number of pyridine rings is 1. The molecule has 0 aliphatic carbocycles. The van der Waals surface area contributed by atoms with Gasteiger partial charge < -0.3 is 20.2 Å². The number of urea groups is 1. The number of hydrogen-bond donors (Lipinski definition) is 2. The van der Waals surface area contributed by atoms with E-state index in [1.807, 2.05) is 4.90 Å². The molecule has 0 radical (unpaired) electrons. The molecule has 0 bridgehead atoms. The van der Waals surface area contributed by atoms with Crippen LogP contribution < -0.4 is 10.2 Å². The lowest BCUT2D eigenvalue weighted by atomic mass is 10.2. The number of aromatic nitrogens is 1. The Morgan fingerprint density at radius 2 is 1.76 bits per heavy atom. The lowest BCUT2D eigenvalue weighted by molar-refractivity contribution is 0.0697. The lowest BCUT2D eigenvalue weighted by Gasteiger charge is -2.35. The topological polar surface area (TPSA) is 85.8 Å². The highest BCUT2D eigenvalue weighted by molar-refractivity contribution is 6.30. The van der Waals surface area contributed by atoms with Gasteiger partial charge in [-0.25, -0.2) is 14.6 Å². The third kappa shape index (κ3) is 4.00. The third-order valence-electron chi connectivity index (χ3n) is 3.98. The van der Waals surface area contributed by atoms with Crippen LogP contribution in [0.3, 0.4) is 0 Å². The van der Waals surface area contributed by atoms with E-state index >= 15 is 0 Å². The molecule has 0 spiro atoms. The predicted molar refractivity (Wildman–Crippen MR) is 95.5 cm³/mol. The van der Waals surface area contributed by atoms with E-state index in [2.05, 4.69) is 10.3 Å². The molecule has 1 aromatic carbocycles. The molecule has 1 fully saturated rings. The number of rotatable bonds is 3. The zero-order valence-electron chi connectivity index (χ0n) is 13.4.